The highest BCUT2D eigenvalue weighted by Crippen LogP contribution is 2.70. The summed E-state index contributed by atoms with van der Waals surface area (Å²) >= 11 is 6.04. The number of imidazole rings is 1. The summed E-state index contributed by atoms with van der Waals surface area (Å²) in [7, 11) is 0. The molecule has 3 nitrogen and oxygen atoms in total. The van der Waals surface area contributed by atoms with E-state index in [2.05, 4.69) is 17.0 Å². The third-order valence-electron chi connectivity index (χ3n) is 5.04. The van der Waals surface area contributed by atoms with Gasteiger partial charge in [-0.3, -0.25) is 0 Å². The Hall–Kier alpha value is -1.23. The maximum Gasteiger partial charge on any atom is 0.248 e. The van der Waals surface area contributed by atoms with Crippen LogP contribution in [0.25, 0.3) is 5.65 Å². The van der Waals surface area contributed by atoms with E-state index >= 15 is 0 Å². The molecule has 2 saturated carbocycles. The molecule has 2 aliphatic carbocycles. The monoisotopic (exact) mass is 297 g/mol. The summed E-state index contributed by atoms with van der Waals surface area (Å²) in [5.41, 5.74) is 1.78. The Labute approximate surface area is 119 Å². The van der Waals surface area contributed by atoms with Gasteiger partial charge in [0, 0.05) is 30.8 Å². The molecule has 6 heteroatoms. The van der Waals surface area contributed by atoms with Crippen LogP contribution in [0.15, 0.2) is 18.5 Å². The fourth-order valence-corrected chi connectivity index (χ4v) is 3.79. The summed E-state index contributed by atoms with van der Waals surface area (Å²) < 4.78 is 27.9. The molecule has 0 bridgehead atoms. The van der Waals surface area contributed by atoms with Crippen LogP contribution in [0.2, 0.25) is 5.15 Å². The third kappa shape index (κ3) is 1.68. The number of hydrogen-bond acceptors (Lipinski definition) is 2. The zero-order chi connectivity index (χ0) is 14.1. The van der Waals surface area contributed by atoms with E-state index in [1.165, 1.54) is 0 Å². The van der Waals surface area contributed by atoms with E-state index in [1.54, 1.807) is 16.9 Å². The summed E-state index contributed by atoms with van der Waals surface area (Å²) in [6.07, 6.45) is 4.39. The predicted molar refractivity (Wildman–Crippen MR) is 71.1 cm³/mol. The molecule has 2 aromatic rings. The first kappa shape index (κ1) is 12.5. The maximum atomic E-state index is 13.1. The first-order valence-corrected chi connectivity index (χ1v) is 7.14. The van der Waals surface area contributed by atoms with E-state index in [4.69, 9.17) is 11.6 Å². The van der Waals surface area contributed by atoms with Crippen LogP contribution < -0.4 is 0 Å². The van der Waals surface area contributed by atoms with E-state index in [1.807, 2.05) is 6.07 Å². The summed E-state index contributed by atoms with van der Waals surface area (Å²) in [5, 5.41) is 4.57. The Morgan fingerprint density at radius 2 is 2.10 bits per heavy atom. The molecule has 0 amide bonds. The van der Waals surface area contributed by atoms with E-state index in [0.717, 1.165) is 17.6 Å². The molecule has 0 unspecified atom stereocenters. The Morgan fingerprint density at radius 3 is 2.80 bits per heavy atom. The van der Waals surface area contributed by atoms with Crippen molar-refractivity contribution < 1.29 is 8.78 Å². The number of aromatic nitrogens is 3. The smallest absolute Gasteiger partial charge is 0.235 e. The summed E-state index contributed by atoms with van der Waals surface area (Å²) in [4.78, 5) is 4.31. The standard InChI is InChI=1S/C14H14ClF2N3/c1-13(8-5-14(16,17)6-8)7-10(13)9-4-11(15)19-20-3-2-18-12(9)20/h2-4,8,10H,5-7H2,1H3/t10-,13-/m1/s1. The molecule has 2 aliphatic rings. The Kier molecular flexibility index (Phi) is 2.31. The van der Waals surface area contributed by atoms with Crippen LogP contribution in [0.1, 0.15) is 37.7 Å². The van der Waals surface area contributed by atoms with Crippen molar-refractivity contribution in [1.29, 1.82) is 0 Å². The van der Waals surface area contributed by atoms with Crippen molar-refractivity contribution in [2.75, 3.05) is 0 Å². The molecule has 2 atom stereocenters. The topological polar surface area (TPSA) is 30.2 Å². The fourth-order valence-electron chi connectivity index (χ4n) is 3.59. The van der Waals surface area contributed by atoms with Crippen LogP contribution in [0, 0.1) is 11.3 Å². The van der Waals surface area contributed by atoms with Crippen molar-refractivity contribution >= 4 is 17.2 Å². The van der Waals surface area contributed by atoms with Gasteiger partial charge in [0.2, 0.25) is 5.92 Å². The SMILES string of the molecule is C[C@]1(C2CC(F)(F)C2)C[C@@H]1c1cc(Cl)nn2ccnc12. The lowest BCUT2D eigenvalue weighted by molar-refractivity contribution is -0.129. The number of nitrogens with zero attached hydrogens (tertiary/aromatic N) is 3. The first-order chi connectivity index (χ1) is 9.39. The van der Waals surface area contributed by atoms with Gasteiger partial charge in [0.05, 0.1) is 0 Å². The molecule has 0 aromatic carbocycles. The Balaban J connectivity index is 1.67. The molecule has 0 aliphatic heterocycles. The van der Waals surface area contributed by atoms with Crippen molar-refractivity contribution in [3.63, 3.8) is 0 Å². The molecular weight excluding hydrogens is 284 g/mol. The van der Waals surface area contributed by atoms with E-state index in [9.17, 15) is 8.78 Å². The molecule has 2 aromatic heterocycles. The third-order valence-corrected chi connectivity index (χ3v) is 5.22. The molecule has 0 radical (unpaired) electrons. The van der Waals surface area contributed by atoms with Gasteiger partial charge >= 0.3 is 0 Å². The van der Waals surface area contributed by atoms with Gasteiger partial charge in [-0.1, -0.05) is 18.5 Å². The minimum Gasteiger partial charge on any atom is -0.235 e. The number of hydrogen-bond donors (Lipinski definition) is 0. The van der Waals surface area contributed by atoms with Gasteiger partial charge in [-0.25, -0.2) is 18.3 Å². The molecule has 20 heavy (non-hydrogen) atoms. The summed E-state index contributed by atoms with van der Waals surface area (Å²) in [6.45, 7) is 2.10. The molecule has 2 heterocycles. The first-order valence-electron chi connectivity index (χ1n) is 6.77. The summed E-state index contributed by atoms with van der Waals surface area (Å²) in [6, 6.07) is 1.83. The van der Waals surface area contributed by atoms with Crippen molar-refractivity contribution in [2.24, 2.45) is 11.3 Å². The van der Waals surface area contributed by atoms with Gasteiger partial charge in [-0.05, 0) is 29.7 Å². The number of halogens is 3. The highest BCUT2D eigenvalue weighted by Gasteiger charge is 2.63. The van der Waals surface area contributed by atoms with E-state index < -0.39 is 5.92 Å². The molecule has 4 rings (SSSR count). The van der Waals surface area contributed by atoms with Gasteiger partial charge in [-0.2, -0.15) is 5.10 Å². The van der Waals surface area contributed by atoms with Crippen molar-refractivity contribution in [3.05, 3.63) is 29.2 Å². The van der Waals surface area contributed by atoms with Gasteiger partial charge < -0.3 is 0 Å². The largest absolute Gasteiger partial charge is 0.248 e. The fraction of sp³-hybridized carbons (Fsp3) is 0.571. The number of alkyl halides is 2. The van der Waals surface area contributed by atoms with Crippen LogP contribution in [0.3, 0.4) is 0 Å². The van der Waals surface area contributed by atoms with Crippen molar-refractivity contribution in [2.45, 2.75) is 38.0 Å². The molecular formula is C14H14ClF2N3. The van der Waals surface area contributed by atoms with Gasteiger partial charge in [-0.15, -0.1) is 0 Å². The van der Waals surface area contributed by atoms with E-state index in [0.29, 0.717) is 5.15 Å². The van der Waals surface area contributed by atoms with Crippen LogP contribution >= 0.6 is 11.6 Å². The second-order valence-corrected chi connectivity index (χ2v) is 6.73. The quantitative estimate of drug-likeness (QED) is 0.841. The molecule has 0 N–H and O–H groups in total. The zero-order valence-electron chi connectivity index (χ0n) is 11.0. The maximum absolute atomic E-state index is 13.1. The number of rotatable bonds is 2. The zero-order valence-corrected chi connectivity index (χ0v) is 11.7. The normalized spacial score (nSPS) is 32.3. The predicted octanol–water partition coefficient (Wildman–Crippen LogP) is 3.92. The minimum atomic E-state index is -2.46. The van der Waals surface area contributed by atoms with Crippen molar-refractivity contribution in [3.8, 4) is 0 Å². The van der Waals surface area contributed by atoms with Crippen molar-refractivity contribution in [1.82, 2.24) is 14.6 Å². The Bertz CT molecular complexity index is 691. The average molecular weight is 298 g/mol. The minimum absolute atomic E-state index is 0.0174. The van der Waals surface area contributed by atoms with Crippen LogP contribution in [0.4, 0.5) is 8.78 Å². The van der Waals surface area contributed by atoms with Gasteiger partial charge in [0.1, 0.15) is 5.15 Å². The second-order valence-electron chi connectivity index (χ2n) is 6.34. The molecule has 0 saturated heterocycles. The lowest BCUT2D eigenvalue weighted by atomic mass is 9.70. The number of fused-ring (bicyclic) bond motifs is 1. The van der Waals surface area contributed by atoms with Gasteiger partial charge in [0.15, 0.2) is 5.65 Å². The molecule has 106 valence electrons. The molecule has 2 fully saturated rings. The highest BCUT2D eigenvalue weighted by molar-refractivity contribution is 6.29. The Morgan fingerprint density at radius 1 is 1.35 bits per heavy atom. The highest BCUT2D eigenvalue weighted by atomic mass is 35.5. The van der Waals surface area contributed by atoms with Crippen LogP contribution in [0.5, 0.6) is 0 Å². The average Bonchev–Trinajstić information content (AvgIpc) is 2.80. The lowest BCUT2D eigenvalue weighted by Crippen LogP contribution is -2.40. The van der Waals surface area contributed by atoms with Crippen LogP contribution in [-0.4, -0.2) is 20.5 Å². The summed E-state index contributed by atoms with van der Waals surface area (Å²) in [5.74, 6) is -2.10. The lowest BCUT2D eigenvalue weighted by Gasteiger charge is -2.40. The van der Waals surface area contributed by atoms with E-state index in [-0.39, 0.29) is 30.1 Å². The molecule has 0 spiro atoms. The van der Waals surface area contributed by atoms with Gasteiger partial charge in [0.25, 0.3) is 0 Å². The second kappa shape index (κ2) is 3.70. The van der Waals surface area contributed by atoms with Crippen LogP contribution in [-0.2, 0) is 0 Å².